The molecular weight excluding hydrogens is 449 g/mol. The fourth-order valence-electron chi connectivity index (χ4n) is 2.73. The van der Waals surface area contributed by atoms with Crippen LogP contribution in [0.25, 0.3) is 10.9 Å². The number of hydrogen-bond acceptors (Lipinski definition) is 4. The van der Waals surface area contributed by atoms with E-state index in [4.69, 9.17) is 39.5 Å². The molecule has 3 aromatic rings. The topological polar surface area (TPSA) is 80.3 Å². The van der Waals surface area contributed by atoms with E-state index < -0.39 is 5.91 Å². The molecule has 2 N–H and O–H groups in total. The Morgan fingerprint density at radius 1 is 1.00 bits per heavy atom. The smallest absolute Gasteiger partial charge is 0.258 e. The summed E-state index contributed by atoms with van der Waals surface area (Å²) in [5, 5.41) is 7.09. The Balaban J connectivity index is 1.60. The average molecular weight is 467 g/mol. The first-order valence-electron chi connectivity index (χ1n) is 8.96. The summed E-state index contributed by atoms with van der Waals surface area (Å²) in [7, 11) is 0. The Labute approximate surface area is 188 Å². The summed E-state index contributed by atoms with van der Waals surface area (Å²) in [5.41, 5.74) is 2.55. The van der Waals surface area contributed by atoms with E-state index in [9.17, 15) is 9.59 Å². The van der Waals surface area contributed by atoms with Gasteiger partial charge in [0.15, 0.2) is 12.4 Å². The molecule has 0 aliphatic heterocycles. The fraction of sp³-hybridized carbons (Fsp3) is 0.190. The Bertz CT molecular complexity index is 1140. The number of hydrogen-bond donors (Lipinski definition) is 2. The molecule has 0 aliphatic carbocycles. The van der Waals surface area contributed by atoms with Gasteiger partial charge in [-0.2, -0.15) is 0 Å². The summed E-state index contributed by atoms with van der Waals surface area (Å²) >= 11 is 18.5. The molecule has 0 fully saturated rings. The summed E-state index contributed by atoms with van der Waals surface area (Å²) in [6, 6.07) is 10.4. The van der Waals surface area contributed by atoms with Crippen molar-refractivity contribution in [2.45, 2.75) is 13.8 Å². The number of aromatic nitrogens is 1. The Hall–Kier alpha value is -2.54. The molecule has 0 bridgehead atoms. The van der Waals surface area contributed by atoms with E-state index in [0.29, 0.717) is 26.6 Å². The fourth-order valence-corrected chi connectivity index (χ4v) is 3.48. The molecule has 1 aromatic heterocycles. The van der Waals surface area contributed by atoms with Crippen molar-refractivity contribution in [1.29, 1.82) is 0 Å². The molecule has 0 spiro atoms. The maximum atomic E-state index is 12.1. The van der Waals surface area contributed by atoms with Crippen LogP contribution in [0.15, 0.2) is 36.4 Å². The number of halogens is 3. The third kappa shape index (κ3) is 5.14. The van der Waals surface area contributed by atoms with Gasteiger partial charge in [-0.05, 0) is 49.7 Å². The minimum atomic E-state index is -0.486. The van der Waals surface area contributed by atoms with Crippen molar-refractivity contribution in [1.82, 2.24) is 10.3 Å². The van der Waals surface area contributed by atoms with Crippen molar-refractivity contribution in [3.05, 3.63) is 62.7 Å². The SMILES string of the molecule is Cc1ccc2c(Cl)cc(Cl)c(OCC(=O)NCC(=O)Nc3cccc(Cl)c3C)c2n1. The highest BCUT2D eigenvalue weighted by molar-refractivity contribution is 6.39. The first kappa shape index (κ1) is 22.2. The van der Waals surface area contributed by atoms with E-state index in [-0.39, 0.29) is 29.8 Å². The van der Waals surface area contributed by atoms with E-state index in [1.165, 1.54) is 6.07 Å². The molecule has 0 saturated carbocycles. The predicted molar refractivity (Wildman–Crippen MR) is 120 cm³/mol. The number of pyridine rings is 1. The van der Waals surface area contributed by atoms with E-state index in [1.807, 2.05) is 19.1 Å². The zero-order valence-electron chi connectivity index (χ0n) is 16.2. The number of benzene rings is 2. The first-order chi connectivity index (χ1) is 14.3. The second-order valence-electron chi connectivity index (χ2n) is 6.54. The third-order valence-electron chi connectivity index (χ3n) is 4.31. The molecule has 0 aliphatic rings. The molecule has 9 heteroatoms. The van der Waals surface area contributed by atoms with Crippen LogP contribution < -0.4 is 15.4 Å². The van der Waals surface area contributed by atoms with Crippen molar-refractivity contribution in [2.75, 3.05) is 18.5 Å². The second-order valence-corrected chi connectivity index (χ2v) is 7.77. The molecule has 0 radical (unpaired) electrons. The van der Waals surface area contributed by atoms with Crippen LogP contribution in [-0.4, -0.2) is 29.9 Å². The summed E-state index contributed by atoms with van der Waals surface area (Å²) in [6.45, 7) is 3.06. The standard InChI is InChI=1S/C21H18Cl3N3O3/c1-11-6-7-13-15(23)8-16(24)21(20(13)26-11)30-10-19(29)25-9-18(28)27-17-5-3-4-14(22)12(17)2/h3-8H,9-10H2,1-2H3,(H,25,29)(H,27,28). The predicted octanol–water partition coefficient (Wildman–Crippen LogP) is 4.95. The second kappa shape index (κ2) is 9.51. The van der Waals surface area contributed by atoms with Gasteiger partial charge in [0, 0.05) is 21.8 Å². The van der Waals surface area contributed by atoms with Crippen molar-refractivity contribution < 1.29 is 14.3 Å². The van der Waals surface area contributed by atoms with E-state index in [2.05, 4.69) is 15.6 Å². The zero-order chi connectivity index (χ0) is 21.8. The van der Waals surface area contributed by atoms with Gasteiger partial charge in [-0.15, -0.1) is 0 Å². The largest absolute Gasteiger partial charge is 0.480 e. The monoisotopic (exact) mass is 465 g/mol. The molecule has 0 saturated heterocycles. The van der Waals surface area contributed by atoms with Gasteiger partial charge in [0.25, 0.3) is 5.91 Å². The Kier molecular flexibility index (Phi) is 7.02. The minimum absolute atomic E-state index is 0.222. The van der Waals surface area contributed by atoms with Crippen molar-refractivity contribution in [3.63, 3.8) is 0 Å². The first-order valence-corrected chi connectivity index (χ1v) is 10.1. The van der Waals surface area contributed by atoms with Gasteiger partial charge in [-0.25, -0.2) is 4.98 Å². The van der Waals surface area contributed by atoms with Crippen LogP contribution in [0.2, 0.25) is 15.1 Å². The number of anilines is 1. The van der Waals surface area contributed by atoms with E-state index >= 15 is 0 Å². The molecule has 2 aromatic carbocycles. The molecule has 30 heavy (non-hydrogen) atoms. The lowest BCUT2D eigenvalue weighted by molar-refractivity contribution is -0.125. The number of carbonyl (C=O) groups is 2. The molecule has 0 atom stereocenters. The van der Waals surface area contributed by atoms with Gasteiger partial charge in [0.1, 0.15) is 5.52 Å². The lowest BCUT2D eigenvalue weighted by Crippen LogP contribution is -2.35. The number of nitrogens with one attached hydrogen (secondary N) is 2. The van der Waals surface area contributed by atoms with Gasteiger partial charge in [0.2, 0.25) is 5.91 Å². The molecule has 0 unspecified atom stereocenters. The van der Waals surface area contributed by atoms with Gasteiger partial charge in [-0.1, -0.05) is 40.9 Å². The van der Waals surface area contributed by atoms with E-state index in [1.54, 1.807) is 25.1 Å². The summed E-state index contributed by atoms with van der Waals surface area (Å²) in [4.78, 5) is 28.7. The minimum Gasteiger partial charge on any atom is -0.480 e. The lowest BCUT2D eigenvalue weighted by atomic mass is 10.2. The van der Waals surface area contributed by atoms with Gasteiger partial charge in [-0.3, -0.25) is 9.59 Å². The quantitative estimate of drug-likeness (QED) is 0.539. The summed E-state index contributed by atoms with van der Waals surface area (Å²) in [5.74, 6) is -0.616. The lowest BCUT2D eigenvalue weighted by Gasteiger charge is -2.13. The number of nitrogens with zero attached hydrogens (tertiary/aromatic N) is 1. The van der Waals surface area contributed by atoms with E-state index in [0.717, 1.165) is 11.3 Å². The molecule has 1 heterocycles. The Morgan fingerprint density at radius 3 is 2.53 bits per heavy atom. The summed E-state index contributed by atoms with van der Waals surface area (Å²) < 4.78 is 5.59. The molecular formula is C21H18Cl3N3O3. The van der Waals surface area contributed by atoms with Crippen LogP contribution >= 0.6 is 34.8 Å². The maximum absolute atomic E-state index is 12.1. The number of aryl methyl sites for hydroxylation is 1. The van der Waals surface area contributed by atoms with Crippen LogP contribution in [0.1, 0.15) is 11.3 Å². The zero-order valence-corrected chi connectivity index (χ0v) is 18.5. The maximum Gasteiger partial charge on any atom is 0.258 e. The highest BCUT2D eigenvalue weighted by Gasteiger charge is 2.15. The molecule has 2 amide bonds. The normalized spacial score (nSPS) is 10.7. The van der Waals surface area contributed by atoms with Crippen LogP contribution in [0.3, 0.4) is 0 Å². The van der Waals surface area contributed by atoms with Gasteiger partial charge < -0.3 is 15.4 Å². The number of rotatable bonds is 6. The number of fused-ring (bicyclic) bond motifs is 1. The van der Waals surface area contributed by atoms with Crippen LogP contribution in [0, 0.1) is 13.8 Å². The molecule has 3 rings (SSSR count). The molecule has 156 valence electrons. The number of ether oxygens (including phenoxy) is 1. The Morgan fingerprint density at radius 2 is 1.77 bits per heavy atom. The van der Waals surface area contributed by atoms with Crippen molar-refractivity contribution in [3.8, 4) is 5.75 Å². The van der Waals surface area contributed by atoms with Crippen LogP contribution in [0.4, 0.5) is 5.69 Å². The van der Waals surface area contributed by atoms with Crippen LogP contribution in [0.5, 0.6) is 5.75 Å². The number of carbonyl (C=O) groups excluding carboxylic acids is 2. The van der Waals surface area contributed by atoms with Crippen LogP contribution in [-0.2, 0) is 9.59 Å². The third-order valence-corrected chi connectivity index (χ3v) is 5.32. The van der Waals surface area contributed by atoms with Gasteiger partial charge in [0.05, 0.1) is 16.6 Å². The highest BCUT2D eigenvalue weighted by Crippen LogP contribution is 2.37. The van der Waals surface area contributed by atoms with Crippen molar-refractivity contribution >= 4 is 63.2 Å². The summed E-state index contributed by atoms with van der Waals surface area (Å²) in [6.07, 6.45) is 0. The number of amides is 2. The van der Waals surface area contributed by atoms with Crippen molar-refractivity contribution in [2.24, 2.45) is 0 Å². The highest BCUT2D eigenvalue weighted by atomic mass is 35.5. The molecule has 6 nitrogen and oxygen atoms in total. The van der Waals surface area contributed by atoms with Gasteiger partial charge >= 0.3 is 0 Å². The average Bonchev–Trinajstić information content (AvgIpc) is 2.69.